The van der Waals surface area contributed by atoms with Crippen LogP contribution in [0.1, 0.15) is 31.8 Å². The molecule has 0 N–H and O–H groups in total. The molecule has 0 aliphatic rings. The third-order valence-corrected chi connectivity index (χ3v) is 4.93. The van der Waals surface area contributed by atoms with E-state index >= 15 is 0 Å². The van der Waals surface area contributed by atoms with Gasteiger partial charge in [-0.3, -0.25) is 9.59 Å². The molecule has 3 aromatic carbocycles. The van der Waals surface area contributed by atoms with Crippen LogP contribution < -0.4 is 0 Å². The molecule has 3 rings (SSSR count). The summed E-state index contributed by atoms with van der Waals surface area (Å²) in [5.41, 5.74) is 3.15. The standard InChI is InChI=1S/C21H18BrNO2/c1-23(21(25)20-9-3-2-6-17(20)14-24)13-16-11-10-15(12-22)18-7-4-5-8-19(16)18/h2-11,14H,12-13H2,1H3. The second-order valence-electron chi connectivity index (χ2n) is 5.93. The van der Waals surface area contributed by atoms with Gasteiger partial charge >= 0.3 is 0 Å². The minimum atomic E-state index is -0.156. The highest BCUT2D eigenvalue weighted by atomic mass is 79.9. The average molecular weight is 396 g/mol. The molecule has 0 radical (unpaired) electrons. The van der Waals surface area contributed by atoms with Crippen LogP contribution in [0.5, 0.6) is 0 Å². The molecule has 0 aliphatic carbocycles. The number of benzene rings is 3. The fourth-order valence-corrected chi connectivity index (χ4v) is 3.49. The first-order chi connectivity index (χ1) is 12.2. The van der Waals surface area contributed by atoms with E-state index < -0.39 is 0 Å². The number of hydrogen-bond acceptors (Lipinski definition) is 2. The average Bonchev–Trinajstić information content (AvgIpc) is 2.67. The highest BCUT2D eigenvalue weighted by Gasteiger charge is 2.16. The lowest BCUT2D eigenvalue weighted by Gasteiger charge is -2.20. The van der Waals surface area contributed by atoms with Crippen molar-refractivity contribution in [3.63, 3.8) is 0 Å². The molecule has 3 aromatic rings. The summed E-state index contributed by atoms with van der Waals surface area (Å²) in [5, 5.41) is 3.11. The first-order valence-electron chi connectivity index (χ1n) is 8.01. The predicted molar refractivity (Wildman–Crippen MR) is 104 cm³/mol. The number of aldehydes is 1. The Balaban J connectivity index is 1.93. The Morgan fingerprint density at radius 1 is 0.960 bits per heavy atom. The summed E-state index contributed by atoms with van der Waals surface area (Å²) >= 11 is 3.53. The number of amides is 1. The van der Waals surface area contributed by atoms with Gasteiger partial charge in [0, 0.05) is 24.5 Å². The summed E-state index contributed by atoms with van der Waals surface area (Å²) in [6.45, 7) is 0.481. The Morgan fingerprint density at radius 3 is 2.24 bits per heavy atom. The van der Waals surface area contributed by atoms with Gasteiger partial charge in [0.05, 0.1) is 5.56 Å². The van der Waals surface area contributed by atoms with Crippen LogP contribution >= 0.6 is 15.9 Å². The largest absolute Gasteiger partial charge is 0.337 e. The van der Waals surface area contributed by atoms with Crippen LogP contribution in [0.2, 0.25) is 0 Å². The number of carbonyl (C=O) groups is 2. The SMILES string of the molecule is CN(Cc1ccc(CBr)c2ccccc12)C(=O)c1ccccc1C=O. The lowest BCUT2D eigenvalue weighted by molar-refractivity contribution is 0.0782. The van der Waals surface area contributed by atoms with Crippen LogP contribution in [0.4, 0.5) is 0 Å². The van der Waals surface area contributed by atoms with E-state index in [0.717, 1.165) is 22.6 Å². The van der Waals surface area contributed by atoms with Crippen molar-refractivity contribution in [3.8, 4) is 0 Å². The lowest BCUT2D eigenvalue weighted by atomic mass is 9.99. The maximum absolute atomic E-state index is 12.7. The third-order valence-electron chi connectivity index (χ3n) is 4.32. The molecule has 0 bridgehead atoms. The van der Waals surface area contributed by atoms with E-state index in [1.165, 1.54) is 10.9 Å². The van der Waals surface area contributed by atoms with E-state index in [1.54, 1.807) is 36.2 Å². The van der Waals surface area contributed by atoms with Crippen molar-refractivity contribution in [1.82, 2.24) is 4.90 Å². The quantitative estimate of drug-likeness (QED) is 0.458. The first-order valence-corrected chi connectivity index (χ1v) is 9.13. The van der Waals surface area contributed by atoms with Gasteiger partial charge in [0.25, 0.3) is 5.91 Å². The normalized spacial score (nSPS) is 10.6. The van der Waals surface area contributed by atoms with E-state index in [1.807, 2.05) is 12.1 Å². The van der Waals surface area contributed by atoms with Crippen molar-refractivity contribution in [2.45, 2.75) is 11.9 Å². The topological polar surface area (TPSA) is 37.4 Å². The zero-order valence-corrected chi connectivity index (χ0v) is 15.5. The predicted octanol–water partition coefficient (Wildman–Crippen LogP) is 4.82. The van der Waals surface area contributed by atoms with Gasteiger partial charge in [-0.2, -0.15) is 0 Å². The zero-order valence-electron chi connectivity index (χ0n) is 13.9. The number of hydrogen-bond donors (Lipinski definition) is 0. The van der Waals surface area contributed by atoms with Crippen LogP contribution in [0.25, 0.3) is 10.8 Å². The number of fused-ring (bicyclic) bond motifs is 1. The number of alkyl halides is 1. The number of carbonyl (C=O) groups excluding carboxylic acids is 2. The van der Waals surface area contributed by atoms with Gasteiger partial charge in [0.2, 0.25) is 0 Å². The Hall–Kier alpha value is -2.46. The molecule has 3 nitrogen and oxygen atoms in total. The molecule has 0 aromatic heterocycles. The Morgan fingerprint density at radius 2 is 1.56 bits per heavy atom. The van der Waals surface area contributed by atoms with Gasteiger partial charge in [0.1, 0.15) is 0 Å². The van der Waals surface area contributed by atoms with Crippen molar-refractivity contribution in [2.75, 3.05) is 7.05 Å². The van der Waals surface area contributed by atoms with Crippen molar-refractivity contribution < 1.29 is 9.59 Å². The van der Waals surface area contributed by atoms with Gasteiger partial charge in [-0.15, -0.1) is 0 Å². The highest BCUT2D eigenvalue weighted by molar-refractivity contribution is 9.08. The van der Waals surface area contributed by atoms with Crippen LogP contribution in [0.3, 0.4) is 0 Å². The van der Waals surface area contributed by atoms with E-state index in [-0.39, 0.29) is 5.91 Å². The summed E-state index contributed by atoms with van der Waals surface area (Å²) in [4.78, 5) is 25.6. The summed E-state index contributed by atoms with van der Waals surface area (Å²) in [7, 11) is 1.76. The summed E-state index contributed by atoms with van der Waals surface area (Å²) in [5.74, 6) is -0.156. The fraction of sp³-hybridized carbons (Fsp3) is 0.143. The Kier molecular flexibility index (Phi) is 5.29. The molecule has 1 amide bonds. The summed E-state index contributed by atoms with van der Waals surface area (Å²) < 4.78 is 0. The molecule has 0 atom stereocenters. The van der Waals surface area contributed by atoms with E-state index in [2.05, 4.69) is 40.2 Å². The molecular formula is C21H18BrNO2. The van der Waals surface area contributed by atoms with Crippen LogP contribution in [-0.4, -0.2) is 24.1 Å². The monoisotopic (exact) mass is 395 g/mol. The fourth-order valence-electron chi connectivity index (χ4n) is 3.01. The second kappa shape index (κ2) is 7.62. The molecular weight excluding hydrogens is 378 g/mol. The summed E-state index contributed by atoms with van der Waals surface area (Å²) in [6, 6.07) is 19.2. The molecule has 0 aliphatic heterocycles. The minimum Gasteiger partial charge on any atom is -0.337 e. The van der Waals surface area contributed by atoms with E-state index in [9.17, 15) is 9.59 Å². The Bertz CT molecular complexity index is 936. The van der Waals surface area contributed by atoms with Crippen molar-refractivity contribution in [3.05, 3.63) is 82.9 Å². The van der Waals surface area contributed by atoms with Crippen LogP contribution in [0.15, 0.2) is 60.7 Å². The minimum absolute atomic E-state index is 0.156. The van der Waals surface area contributed by atoms with Crippen molar-refractivity contribution in [2.24, 2.45) is 0 Å². The molecule has 0 heterocycles. The molecule has 0 spiro atoms. The zero-order chi connectivity index (χ0) is 17.8. The van der Waals surface area contributed by atoms with E-state index in [4.69, 9.17) is 0 Å². The molecule has 0 fully saturated rings. The van der Waals surface area contributed by atoms with Crippen LogP contribution in [0, 0.1) is 0 Å². The molecule has 0 unspecified atom stereocenters. The highest BCUT2D eigenvalue weighted by Crippen LogP contribution is 2.25. The van der Waals surface area contributed by atoms with E-state index in [0.29, 0.717) is 17.7 Å². The third kappa shape index (κ3) is 3.49. The van der Waals surface area contributed by atoms with Gasteiger partial charge in [-0.25, -0.2) is 0 Å². The number of nitrogens with zero attached hydrogens (tertiary/aromatic N) is 1. The molecule has 0 saturated heterocycles. The summed E-state index contributed by atoms with van der Waals surface area (Å²) in [6.07, 6.45) is 0.723. The molecule has 25 heavy (non-hydrogen) atoms. The first kappa shape index (κ1) is 17.4. The molecule has 0 saturated carbocycles. The maximum Gasteiger partial charge on any atom is 0.254 e. The van der Waals surface area contributed by atoms with Gasteiger partial charge in [0.15, 0.2) is 6.29 Å². The van der Waals surface area contributed by atoms with Crippen LogP contribution in [-0.2, 0) is 11.9 Å². The van der Waals surface area contributed by atoms with Crippen molar-refractivity contribution >= 4 is 38.9 Å². The van der Waals surface area contributed by atoms with Gasteiger partial charge in [-0.1, -0.05) is 70.5 Å². The molecule has 4 heteroatoms. The lowest BCUT2D eigenvalue weighted by Crippen LogP contribution is -2.27. The molecule has 126 valence electrons. The smallest absolute Gasteiger partial charge is 0.254 e. The Labute approximate surface area is 155 Å². The number of halogens is 1. The van der Waals surface area contributed by atoms with Crippen molar-refractivity contribution in [1.29, 1.82) is 0 Å². The maximum atomic E-state index is 12.7. The second-order valence-corrected chi connectivity index (χ2v) is 6.49. The number of rotatable bonds is 5. The van der Waals surface area contributed by atoms with Gasteiger partial charge in [-0.05, 0) is 28.0 Å². The van der Waals surface area contributed by atoms with Gasteiger partial charge < -0.3 is 4.90 Å².